The number of aromatic nitrogens is 1. The maximum absolute atomic E-state index is 13.3. The van der Waals surface area contributed by atoms with Crippen LogP contribution in [0.25, 0.3) is 22.2 Å². The molecule has 1 amide bonds. The molecule has 0 radical (unpaired) electrons. The molecule has 2 aliphatic rings. The summed E-state index contributed by atoms with van der Waals surface area (Å²) in [5.74, 6) is -0.503. The smallest absolute Gasteiger partial charge is 0.272 e. The first kappa shape index (κ1) is 22.7. The van der Waals surface area contributed by atoms with Gasteiger partial charge in [-0.05, 0) is 42.7 Å². The molecule has 2 saturated carbocycles. The van der Waals surface area contributed by atoms with Crippen molar-refractivity contribution in [1.29, 1.82) is 0 Å². The summed E-state index contributed by atoms with van der Waals surface area (Å²) < 4.78 is 33.5. The van der Waals surface area contributed by atoms with Crippen LogP contribution >= 0.6 is 0 Å². The number of rotatable bonds is 5. The number of hydrazone groups is 1. The Kier molecular flexibility index (Phi) is 5.33. The highest BCUT2D eigenvalue weighted by molar-refractivity contribution is 7.85. The van der Waals surface area contributed by atoms with Gasteiger partial charge in [-0.25, -0.2) is 10.4 Å². The molecule has 2 atom stereocenters. The van der Waals surface area contributed by atoms with Gasteiger partial charge in [0.15, 0.2) is 0 Å². The summed E-state index contributed by atoms with van der Waals surface area (Å²) in [5, 5.41) is 5.17. The van der Waals surface area contributed by atoms with E-state index in [0.29, 0.717) is 40.7 Å². The minimum atomic E-state index is -4.21. The van der Waals surface area contributed by atoms with Crippen LogP contribution in [0.2, 0.25) is 0 Å². The van der Waals surface area contributed by atoms with Crippen molar-refractivity contribution in [1.82, 2.24) is 10.4 Å². The lowest BCUT2D eigenvalue weighted by atomic mass is 9.70. The van der Waals surface area contributed by atoms with Crippen LogP contribution in [0.1, 0.15) is 43.5 Å². The van der Waals surface area contributed by atoms with E-state index in [1.54, 1.807) is 6.07 Å². The Morgan fingerprint density at radius 1 is 1.15 bits per heavy atom. The van der Waals surface area contributed by atoms with Crippen molar-refractivity contribution >= 4 is 32.6 Å². The van der Waals surface area contributed by atoms with Crippen molar-refractivity contribution in [3.8, 4) is 11.3 Å². The summed E-state index contributed by atoms with van der Waals surface area (Å²) in [5.41, 5.74) is 4.93. The Morgan fingerprint density at radius 3 is 2.56 bits per heavy atom. The normalized spacial score (nSPS) is 24.6. The van der Waals surface area contributed by atoms with Crippen molar-refractivity contribution in [2.75, 3.05) is 5.75 Å². The summed E-state index contributed by atoms with van der Waals surface area (Å²) in [7, 11) is -4.21. The number of carbonyl (C=O) groups is 1. The number of para-hydroxylation sites is 1. The zero-order valence-electron chi connectivity index (χ0n) is 19.2. The van der Waals surface area contributed by atoms with Crippen LogP contribution in [0.15, 0.2) is 65.8 Å². The Hall–Kier alpha value is -3.10. The summed E-state index contributed by atoms with van der Waals surface area (Å²) >= 11 is 0. The lowest BCUT2D eigenvalue weighted by molar-refractivity contribution is 0.0955. The first-order valence-electron chi connectivity index (χ1n) is 11.4. The second-order valence-corrected chi connectivity index (χ2v) is 11.4. The summed E-state index contributed by atoms with van der Waals surface area (Å²) in [4.78, 5) is 18.1. The van der Waals surface area contributed by atoms with Crippen LogP contribution in [0, 0.1) is 16.7 Å². The third-order valence-electron chi connectivity index (χ3n) is 7.92. The van der Waals surface area contributed by atoms with E-state index in [1.165, 1.54) is 0 Å². The van der Waals surface area contributed by atoms with Crippen molar-refractivity contribution in [3.63, 3.8) is 0 Å². The van der Waals surface area contributed by atoms with E-state index in [4.69, 9.17) is 4.98 Å². The average molecular weight is 478 g/mol. The second-order valence-electron chi connectivity index (χ2n) is 9.91. The molecule has 8 heteroatoms. The van der Waals surface area contributed by atoms with Gasteiger partial charge in [0.1, 0.15) is 0 Å². The molecule has 2 N–H and O–H groups in total. The van der Waals surface area contributed by atoms with Gasteiger partial charge < -0.3 is 0 Å². The quantitative estimate of drug-likeness (QED) is 0.409. The van der Waals surface area contributed by atoms with Crippen molar-refractivity contribution in [2.45, 2.75) is 33.1 Å². The van der Waals surface area contributed by atoms with Gasteiger partial charge >= 0.3 is 0 Å². The number of amides is 1. The molecule has 2 aromatic carbocycles. The molecule has 34 heavy (non-hydrogen) atoms. The fourth-order valence-electron chi connectivity index (χ4n) is 5.90. The van der Waals surface area contributed by atoms with Gasteiger partial charge in [0.2, 0.25) is 0 Å². The van der Waals surface area contributed by atoms with Gasteiger partial charge in [-0.2, -0.15) is 13.5 Å². The highest BCUT2D eigenvalue weighted by Gasteiger charge is 2.64. The van der Waals surface area contributed by atoms with E-state index in [0.717, 1.165) is 12.0 Å². The topological polar surface area (TPSA) is 109 Å². The minimum absolute atomic E-state index is 0.261. The van der Waals surface area contributed by atoms with Crippen molar-refractivity contribution in [2.24, 2.45) is 21.8 Å². The third kappa shape index (κ3) is 3.71. The van der Waals surface area contributed by atoms with Crippen LogP contribution in [0.5, 0.6) is 0 Å². The maximum atomic E-state index is 13.3. The first-order chi connectivity index (χ1) is 16.1. The molecule has 1 heterocycles. The number of carbonyl (C=O) groups excluding carboxylic acids is 1. The molecular weight excluding hydrogens is 450 g/mol. The number of nitrogens with zero attached hydrogens (tertiary/aromatic N) is 2. The molecule has 2 aliphatic carbocycles. The minimum Gasteiger partial charge on any atom is -0.286 e. The third-order valence-corrected chi connectivity index (χ3v) is 8.77. The molecule has 2 unspecified atom stereocenters. The van der Waals surface area contributed by atoms with Crippen LogP contribution in [0.3, 0.4) is 0 Å². The van der Waals surface area contributed by atoms with Gasteiger partial charge in [-0.3, -0.25) is 9.35 Å². The number of pyridine rings is 1. The Bertz CT molecular complexity index is 1420. The van der Waals surface area contributed by atoms with E-state index >= 15 is 0 Å². The number of fused-ring (bicyclic) bond motifs is 3. The van der Waals surface area contributed by atoms with Gasteiger partial charge in [0.25, 0.3) is 16.0 Å². The highest BCUT2D eigenvalue weighted by atomic mass is 32.2. The molecule has 5 rings (SSSR count). The lowest BCUT2D eigenvalue weighted by Crippen LogP contribution is -2.43. The van der Waals surface area contributed by atoms with E-state index in [-0.39, 0.29) is 23.0 Å². The van der Waals surface area contributed by atoms with Crippen LogP contribution in [-0.2, 0) is 10.1 Å². The molecular formula is C26H27N3O4S. The van der Waals surface area contributed by atoms with Crippen LogP contribution < -0.4 is 5.43 Å². The second kappa shape index (κ2) is 7.99. The SMILES string of the molecule is CC1(C)C2CCC1(CS(=O)(=O)O)/C(=N\NC(=O)c1cc(-c3ccccc3)nc3ccccc13)C2. The molecule has 0 saturated heterocycles. The molecule has 3 aromatic rings. The summed E-state index contributed by atoms with van der Waals surface area (Å²) in [6.07, 6.45) is 2.11. The highest BCUT2D eigenvalue weighted by Crippen LogP contribution is 2.64. The predicted octanol–water partition coefficient (Wildman–Crippen LogP) is 4.70. The monoisotopic (exact) mass is 477 g/mol. The number of hydrogen-bond acceptors (Lipinski definition) is 5. The van der Waals surface area contributed by atoms with E-state index in [1.807, 2.05) is 68.4 Å². The number of nitrogens with one attached hydrogen (secondary N) is 1. The lowest BCUT2D eigenvalue weighted by Gasteiger charge is -2.37. The number of hydrogen-bond donors (Lipinski definition) is 2. The summed E-state index contributed by atoms with van der Waals surface area (Å²) in [6, 6.07) is 18.8. The van der Waals surface area contributed by atoms with Gasteiger partial charge in [0, 0.05) is 22.1 Å². The zero-order chi connectivity index (χ0) is 24.1. The molecule has 0 spiro atoms. The standard InChI is InChI=1S/C26H27N3O4S/c1-25(2)18-12-13-26(25,16-34(31,32)33)23(14-18)28-29-24(30)20-15-22(17-8-4-3-5-9-17)27-21-11-7-6-10-19(20)21/h3-11,15,18H,12-14,16H2,1-2H3,(H,29,30)(H,31,32,33)/b28-23-. The van der Waals surface area contributed by atoms with Crippen LogP contribution in [0.4, 0.5) is 0 Å². The molecule has 0 aliphatic heterocycles. The molecule has 176 valence electrons. The van der Waals surface area contributed by atoms with Crippen molar-refractivity contribution in [3.05, 3.63) is 66.2 Å². The zero-order valence-corrected chi connectivity index (χ0v) is 20.0. The largest absolute Gasteiger partial charge is 0.286 e. The van der Waals surface area contributed by atoms with E-state index in [9.17, 15) is 17.8 Å². The van der Waals surface area contributed by atoms with Gasteiger partial charge in [0.05, 0.1) is 22.5 Å². The van der Waals surface area contributed by atoms with E-state index < -0.39 is 15.5 Å². The fraction of sp³-hybridized carbons (Fsp3) is 0.346. The summed E-state index contributed by atoms with van der Waals surface area (Å²) in [6.45, 7) is 4.06. The Morgan fingerprint density at radius 2 is 1.85 bits per heavy atom. The number of benzene rings is 2. The van der Waals surface area contributed by atoms with Gasteiger partial charge in [-0.1, -0.05) is 62.4 Å². The van der Waals surface area contributed by atoms with Crippen LogP contribution in [-0.4, -0.2) is 35.3 Å². The molecule has 7 nitrogen and oxygen atoms in total. The van der Waals surface area contributed by atoms with Crippen molar-refractivity contribution < 1.29 is 17.8 Å². The first-order valence-corrected chi connectivity index (χ1v) is 13.0. The molecule has 2 fully saturated rings. The van der Waals surface area contributed by atoms with Gasteiger partial charge in [-0.15, -0.1) is 0 Å². The molecule has 1 aromatic heterocycles. The maximum Gasteiger partial charge on any atom is 0.272 e. The molecule has 2 bridgehead atoms. The van der Waals surface area contributed by atoms with E-state index in [2.05, 4.69) is 10.5 Å². The Labute approximate surface area is 199 Å². The fourth-order valence-corrected chi connectivity index (χ4v) is 7.21. The Balaban J connectivity index is 1.52. The predicted molar refractivity (Wildman–Crippen MR) is 132 cm³/mol. The average Bonchev–Trinajstić information content (AvgIpc) is 3.16.